The average Bonchev–Trinajstić information content (AvgIpc) is 2.70. The number of hydrogen-bond acceptors (Lipinski definition) is 3. The molecule has 3 nitrogen and oxygen atoms in total. The highest BCUT2D eigenvalue weighted by atomic mass is 15.0. The van der Waals surface area contributed by atoms with E-state index in [0.29, 0.717) is 0 Å². The van der Waals surface area contributed by atoms with E-state index in [-0.39, 0.29) is 0 Å². The van der Waals surface area contributed by atoms with E-state index in [1.54, 1.807) is 0 Å². The highest BCUT2D eigenvalue weighted by molar-refractivity contribution is 5.90. The van der Waals surface area contributed by atoms with Crippen molar-refractivity contribution in [2.75, 3.05) is 11.9 Å². The third-order valence-corrected chi connectivity index (χ3v) is 4.46. The normalized spacial score (nSPS) is 10.8. The fourth-order valence-electron chi connectivity index (χ4n) is 3.01. The van der Waals surface area contributed by atoms with E-state index in [1.807, 2.05) is 48.5 Å². The topological polar surface area (TPSA) is 37.8 Å². The Kier molecular flexibility index (Phi) is 4.61. The lowest BCUT2D eigenvalue weighted by Gasteiger charge is -2.11. The zero-order valence-electron chi connectivity index (χ0n) is 14.8. The third kappa shape index (κ3) is 3.57. The Labute approximate surface area is 153 Å². The van der Waals surface area contributed by atoms with E-state index in [0.717, 1.165) is 41.1 Å². The van der Waals surface area contributed by atoms with Crippen molar-refractivity contribution < 1.29 is 0 Å². The maximum absolute atomic E-state index is 4.79. The molecule has 3 aromatic carbocycles. The van der Waals surface area contributed by atoms with Crippen LogP contribution in [0.4, 0.5) is 5.82 Å². The van der Waals surface area contributed by atoms with Crippen molar-refractivity contribution in [3.8, 4) is 11.4 Å². The fraction of sp³-hybridized carbons (Fsp3) is 0.130. The third-order valence-electron chi connectivity index (χ3n) is 4.46. The molecule has 0 aliphatic carbocycles. The number of hydrogen-bond donors (Lipinski definition) is 1. The lowest BCUT2D eigenvalue weighted by atomic mass is 10.1. The summed E-state index contributed by atoms with van der Waals surface area (Å²) in [6.45, 7) is 2.94. The Bertz CT molecular complexity index is 1010. The first-order valence-corrected chi connectivity index (χ1v) is 8.91. The van der Waals surface area contributed by atoms with E-state index >= 15 is 0 Å². The maximum Gasteiger partial charge on any atom is 0.162 e. The summed E-state index contributed by atoms with van der Waals surface area (Å²) in [6.07, 6.45) is 0.958. The van der Waals surface area contributed by atoms with E-state index in [1.165, 1.54) is 11.1 Å². The predicted molar refractivity (Wildman–Crippen MR) is 108 cm³/mol. The van der Waals surface area contributed by atoms with Gasteiger partial charge in [0.1, 0.15) is 5.82 Å². The number of fused-ring (bicyclic) bond motifs is 1. The van der Waals surface area contributed by atoms with Crippen LogP contribution in [0.15, 0.2) is 78.9 Å². The van der Waals surface area contributed by atoms with E-state index < -0.39 is 0 Å². The molecule has 0 spiro atoms. The molecule has 0 saturated carbocycles. The SMILES string of the molecule is Cc1ccc(CCNc2nc(-c3ccccc3)nc3ccccc23)cc1. The van der Waals surface area contributed by atoms with Crippen molar-refractivity contribution in [1.82, 2.24) is 9.97 Å². The summed E-state index contributed by atoms with van der Waals surface area (Å²) < 4.78 is 0. The Morgan fingerprint density at radius 1 is 0.769 bits per heavy atom. The molecule has 128 valence electrons. The summed E-state index contributed by atoms with van der Waals surface area (Å²) in [5, 5.41) is 4.56. The summed E-state index contributed by atoms with van der Waals surface area (Å²) in [4.78, 5) is 9.53. The van der Waals surface area contributed by atoms with E-state index in [2.05, 4.69) is 42.6 Å². The highest BCUT2D eigenvalue weighted by Crippen LogP contribution is 2.24. The first-order valence-electron chi connectivity index (χ1n) is 8.91. The highest BCUT2D eigenvalue weighted by Gasteiger charge is 2.08. The Hall–Kier alpha value is -3.20. The molecule has 1 N–H and O–H groups in total. The summed E-state index contributed by atoms with van der Waals surface area (Å²) in [7, 11) is 0. The van der Waals surface area contributed by atoms with Crippen LogP contribution in [0.25, 0.3) is 22.3 Å². The second-order valence-corrected chi connectivity index (χ2v) is 6.44. The van der Waals surface area contributed by atoms with Crippen molar-refractivity contribution in [2.24, 2.45) is 0 Å². The van der Waals surface area contributed by atoms with Crippen LogP contribution in [0, 0.1) is 6.92 Å². The minimum atomic E-state index is 0.752. The number of aromatic nitrogens is 2. The van der Waals surface area contributed by atoms with Gasteiger partial charge in [0.2, 0.25) is 0 Å². The second-order valence-electron chi connectivity index (χ2n) is 6.44. The molecule has 0 aliphatic rings. The largest absolute Gasteiger partial charge is 0.369 e. The van der Waals surface area contributed by atoms with Gasteiger partial charge in [-0.1, -0.05) is 72.3 Å². The van der Waals surface area contributed by atoms with Crippen LogP contribution >= 0.6 is 0 Å². The molecular weight excluding hydrogens is 318 g/mol. The maximum atomic E-state index is 4.79. The van der Waals surface area contributed by atoms with Crippen LogP contribution in [0.5, 0.6) is 0 Å². The molecule has 0 fully saturated rings. The number of rotatable bonds is 5. The van der Waals surface area contributed by atoms with E-state index in [4.69, 9.17) is 9.97 Å². The molecule has 26 heavy (non-hydrogen) atoms. The van der Waals surface area contributed by atoms with Gasteiger partial charge < -0.3 is 5.32 Å². The van der Waals surface area contributed by atoms with Crippen molar-refractivity contribution >= 4 is 16.7 Å². The van der Waals surface area contributed by atoms with Gasteiger partial charge in [-0.15, -0.1) is 0 Å². The molecule has 4 aromatic rings. The zero-order chi connectivity index (χ0) is 17.8. The number of benzene rings is 3. The smallest absolute Gasteiger partial charge is 0.162 e. The molecule has 0 bridgehead atoms. The second kappa shape index (κ2) is 7.36. The van der Waals surface area contributed by atoms with Gasteiger partial charge in [0, 0.05) is 17.5 Å². The van der Waals surface area contributed by atoms with Crippen LogP contribution in [-0.4, -0.2) is 16.5 Å². The number of anilines is 1. The minimum Gasteiger partial charge on any atom is -0.369 e. The van der Waals surface area contributed by atoms with Gasteiger partial charge in [-0.05, 0) is 31.0 Å². The molecule has 1 heterocycles. The van der Waals surface area contributed by atoms with Gasteiger partial charge in [-0.25, -0.2) is 9.97 Å². The van der Waals surface area contributed by atoms with Crippen LogP contribution in [0.1, 0.15) is 11.1 Å². The van der Waals surface area contributed by atoms with Gasteiger partial charge >= 0.3 is 0 Å². The van der Waals surface area contributed by atoms with Crippen LogP contribution in [0.3, 0.4) is 0 Å². The zero-order valence-corrected chi connectivity index (χ0v) is 14.8. The Balaban J connectivity index is 1.61. The monoisotopic (exact) mass is 339 g/mol. The van der Waals surface area contributed by atoms with Crippen LogP contribution in [0.2, 0.25) is 0 Å². The predicted octanol–water partition coefficient (Wildman–Crippen LogP) is 5.26. The summed E-state index contributed by atoms with van der Waals surface area (Å²) >= 11 is 0. The molecule has 0 unspecified atom stereocenters. The van der Waals surface area contributed by atoms with Gasteiger partial charge in [-0.3, -0.25) is 0 Å². The number of para-hydroxylation sites is 1. The van der Waals surface area contributed by atoms with Gasteiger partial charge in [0.15, 0.2) is 5.82 Å². The molecule has 0 saturated heterocycles. The number of nitrogens with one attached hydrogen (secondary N) is 1. The standard InChI is InChI=1S/C23H21N3/c1-17-11-13-18(14-12-17)15-16-24-23-20-9-5-6-10-21(20)25-22(26-23)19-7-3-2-4-8-19/h2-14H,15-16H2,1H3,(H,24,25,26). The molecule has 4 rings (SSSR count). The molecule has 0 aliphatic heterocycles. The van der Waals surface area contributed by atoms with Crippen molar-refractivity contribution in [2.45, 2.75) is 13.3 Å². The quantitative estimate of drug-likeness (QED) is 0.539. The molecular formula is C23H21N3. The van der Waals surface area contributed by atoms with Crippen molar-refractivity contribution in [3.05, 3.63) is 90.0 Å². The van der Waals surface area contributed by atoms with Crippen molar-refractivity contribution in [1.29, 1.82) is 0 Å². The fourth-order valence-corrected chi connectivity index (χ4v) is 3.01. The molecule has 0 atom stereocenters. The van der Waals surface area contributed by atoms with Gasteiger partial charge in [0.05, 0.1) is 5.52 Å². The molecule has 0 radical (unpaired) electrons. The number of aryl methyl sites for hydroxylation is 1. The molecule has 1 aromatic heterocycles. The summed E-state index contributed by atoms with van der Waals surface area (Å²) in [6, 6.07) is 26.9. The molecule has 0 amide bonds. The summed E-state index contributed by atoms with van der Waals surface area (Å²) in [5.41, 5.74) is 4.60. The number of nitrogens with zero attached hydrogens (tertiary/aromatic N) is 2. The Morgan fingerprint density at radius 3 is 2.31 bits per heavy atom. The first-order chi connectivity index (χ1) is 12.8. The lowest BCUT2D eigenvalue weighted by molar-refractivity contribution is 1.01. The average molecular weight is 339 g/mol. The van der Waals surface area contributed by atoms with Crippen molar-refractivity contribution in [3.63, 3.8) is 0 Å². The minimum absolute atomic E-state index is 0.752. The van der Waals surface area contributed by atoms with E-state index in [9.17, 15) is 0 Å². The first kappa shape index (κ1) is 16.3. The van der Waals surface area contributed by atoms with Gasteiger partial charge in [-0.2, -0.15) is 0 Å². The Morgan fingerprint density at radius 2 is 1.50 bits per heavy atom. The van der Waals surface area contributed by atoms with Gasteiger partial charge in [0.25, 0.3) is 0 Å². The van der Waals surface area contributed by atoms with Crippen LogP contribution < -0.4 is 5.32 Å². The summed E-state index contributed by atoms with van der Waals surface area (Å²) in [5.74, 6) is 1.64. The van der Waals surface area contributed by atoms with Crippen LogP contribution in [-0.2, 0) is 6.42 Å². The lowest BCUT2D eigenvalue weighted by Crippen LogP contribution is -2.08. The molecule has 3 heteroatoms.